The zero-order chi connectivity index (χ0) is 21.5. The van der Waals surface area contributed by atoms with Crippen molar-refractivity contribution in [2.24, 2.45) is 11.8 Å². The molecule has 162 valence electrons. The Hall–Kier alpha value is -3.07. The number of hydrogen-bond acceptors (Lipinski definition) is 5. The molecule has 31 heavy (non-hydrogen) atoms. The summed E-state index contributed by atoms with van der Waals surface area (Å²) in [6.45, 7) is 5.14. The van der Waals surface area contributed by atoms with E-state index in [0.717, 1.165) is 56.5 Å². The van der Waals surface area contributed by atoms with Gasteiger partial charge in [-0.15, -0.1) is 5.10 Å². The number of benzene rings is 2. The number of halogens is 3. The predicted molar refractivity (Wildman–Crippen MR) is 110 cm³/mol. The first kappa shape index (κ1) is 19.9. The number of rotatable bonds is 5. The standard InChI is InChI=1S/C22H22F3N5O/c1-13-4-19(21(25)20(5-13)29-9-15(10-29)14-2-3-31-11-14)27-22-26-12-30(28-22)18-7-16(23)6-17(24)8-18/h4-8,12,14-15H,2-3,9-11H2,1H3,(H,27,28). The van der Waals surface area contributed by atoms with Gasteiger partial charge in [-0.1, -0.05) is 0 Å². The quantitative estimate of drug-likeness (QED) is 0.659. The van der Waals surface area contributed by atoms with Gasteiger partial charge in [0.05, 0.1) is 17.1 Å². The zero-order valence-corrected chi connectivity index (χ0v) is 17.0. The average Bonchev–Trinajstić information content (AvgIpc) is 3.35. The van der Waals surface area contributed by atoms with Crippen LogP contribution in [0.5, 0.6) is 0 Å². The van der Waals surface area contributed by atoms with E-state index < -0.39 is 11.6 Å². The normalized spacial score (nSPS) is 19.0. The van der Waals surface area contributed by atoms with Crippen LogP contribution >= 0.6 is 0 Å². The van der Waals surface area contributed by atoms with Crippen molar-refractivity contribution in [3.8, 4) is 5.69 Å². The number of nitrogens with one attached hydrogen (secondary N) is 1. The number of nitrogens with zero attached hydrogens (tertiary/aromatic N) is 4. The molecule has 0 amide bonds. The van der Waals surface area contributed by atoms with E-state index >= 15 is 4.39 Å². The first-order valence-electron chi connectivity index (χ1n) is 10.2. The molecule has 3 heterocycles. The largest absolute Gasteiger partial charge is 0.381 e. The Morgan fingerprint density at radius 1 is 1.03 bits per heavy atom. The highest BCUT2D eigenvalue weighted by molar-refractivity contribution is 5.66. The molecule has 0 radical (unpaired) electrons. The molecular weight excluding hydrogens is 407 g/mol. The zero-order valence-electron chi connectivity index (χ0n) is 17.0. The van der Waals surface area contributed by atoms with E-state index in [9.17, 15) is 8.78 Å². The van der Waals surface area contributed by atoms with Crippen molar-refractivity contribution in [2.75, 3.05) is 36.5 Å². The highest BCUT2D eigenvalue weighted by atomic mass is 19.1. The summed E-state index contributed by atoms with van der Waals surface area (Å²) in [6, 6.07) is 6.58. The van der Waals surface area contributed by atoms with Crippen LogP contribution in [0.15, 0.2) is 36.7 Å². The van der Waals surface area contributed by atoms with E-state index in [1.54, 1.807) is 6.07 Å². The van der Waals surface area contributed by atoms with E-state index in [-0.39, 0.29) is 23.1 Å². The van der Waals surface area contributed by atoms with Crippen LogP contribution in [-0.4, -0.2) is 41.1 Å². The van der Waals surface area contributed by atoms with Crippen LogP contribution in [0.3, 0.4) is 0 Å². The summed E-state index contributed by atoms with van der Waals surface area (Å²) < 4.78 is 48.9. The minimum Gasteiger partial charge on any atom is -0.381 e. The third-order valence-corrected chi connectivity index (χ3v) is 5.93. The molecule has 3 aromatic rings. The molecule has 5 rings (SSSR count). The molecule has 2 aliphatic rings. The van der Waals surface area contributed by atoms with Gasteiger partial charge < -0.3 is 15.0 Å². The van der Waals surface area contributed by atoms with Gasteiger partial charge >= 0.3 is 0 Å². The molecule has 2 fully saturated rings. The van der Waals surface area contributed by atoms with Gasteiger partial charge in [0, 0.05) is 32.4 Å². The molecule has 0 bridgehead atoms. The van der Waals surface area contributed by atoms with Gasteiger partial charge in [-0.2, -0.15) is 4.98 Å². The van der Waals surface area contributed by atoms with E-state index in [1.807, 2.05) is 17.9 Å². The average molecular weight is 429 g/mol. The lowest BCUT2D eigenvalue weighted by atomic mass is 9.85. The molecule has 2 aromatic carbocycles. The van der Waals surface area contributed by atoms with Crippen molar-refractivity contribution in [1.29, 1.82) is 0 Å². The summed E-state index contributed by atoms with van der Waals surface area (Å²) >= 11 is 0. The Labute approximate surface area is 177 Å². The summed E-state index contributed by atoms with van der Waals surface area (Å²) in [6.07, 6.45) is 2.39. The Kier molecular flexibility index (Phi) is 5.05. The minimum atomic E-state index is -0.716. The van der Waals surface area contributed by atoms with E-state index in [4.69, 9.17) is 4.74 Å². The van der Waals surface area contributed by atoms with Crippen molar-refractivity contribution < 1.29 is 17.9 Å². The maximum atomic E-state index is 15.3. The van der Waals surface area contributed by atoms with Crippen LogP contribution in [-0.2, 0) is 4.74 Å². The second-order valence-electron chi connectivity index (χ2n) is 8.20. The maximum Gasteiger partial charge on any atom is 0.247 e. The molecule has 1 N–H and O–H groups in total. The number of ether oxygens (including phenoxy) is 1. The molecule has 2 saturated heterocycles. The molecule has 1 atom stereocenters. The summed E-state index contributed by atoms with van der Waals surface area (Å²) in [4.78, 5) is 6.13. The lowest BCUT2D eigenvalue weighted by molar-refractivity contribution is 0.163. The second kappa shape index (κ2) is 7.88. The molecule has 0 aliphatic carbocycles. The first-order chi connectivity index (χ1) is 15.0. The Morgan fingerprint density at radius 2 is 1.81 bits per heavy atom. The smallest absolute Gasteiger partial charge is 0.247 e. The Bertz CT molecular complexity index is 1090. The Morgan fingerprint density at radius 3 is 2.52 bits per heavy atom. The van der Waals surface area contributed by atoms with Crippen molar-refractivity contribution in [2.45, 2.75) is 13.3 Å². The topological polar surface area (TPSA) is 55.2 Å². The predicted octanol–water partition coefficient (Wildman–Crippen LogP) is 4.21. The molecule has 1 unspecified atom stereocenters. The highest BCUT2D eigenvalue weighted by Crippen LogP contribution is 2.37. The SMILES string of the molecule is Cc1cc(Nc2ncn(-c3cc(F)cc(F)c3)n2)c(F)c(N2CC(C3CCOC3)C2)c1. The van der Waals surface area contributed by atoms with Crippen LogP contribution < -0.4 is 10.2 Å². The second-order valence-corrected chi connectivity index (χ2v) is 8.20. The first-order valence-corrected chi connectivity index (χ1v) is 10.2. The number of hydrogen-bond donors (Lipinski definition) is 1. The van der Waals surface area contributed by atoms with Gasteiger partial charge in [-0.25, -0.2) is 17.9 Å². The van der Waals surface area contributed by atoms with Gasteiger partial charge in [-0.3, -0.25) is 0 Å². The van der Waals surface area contributed by atoms with Crippen molar-refractivity contribution in [3.63, 3.8) is 0 Å². The number of anilines is 3. The summed E-state index contributed by atoms with van der Waals surface area (Å²) in [5.74, 6) is -0.590. The lowest BCUT2D eigenvalue weighted by Crippen LogP contribution is -2.50. The van der Waals surface area contributed by atoms with Gasteiger partial charge in [0.1, 0.15) is 18.0 Å². The van der Waals surface area contributed by atoms with Crippen molar-refractivity contribution >= 4 is 17.3 Å². The van der Waals surface area contributed by atoms with Gasteiger partial charge in [-0.05, 0) is 55.0 Å². The third-order valence-electron chi connectivity index (χ3n) is 5.93. The fourth-order valence-corrected chi connectivity index (χ4v) is 4.24. The van der Waals surface area contributed by atoms with Crippen LogP contribution in [0.4, 0.5) is 30.5 Å². The minimum absolute atomic E-state index is 0.129. The molecular formula is C22H22F3N5O. The van der Waals surface area contributed by atoms with Crippen molar-refractivity contribution in [3.05, 3.63) is 59.7 Å². The van der Waals surface area contributed by atoms with Crippen LogP contribution in [0.2, 0.25) is 0 Å². The van der Waals surface area contributed by atoms with Gasteiger partial charge in [0.2, 0.25) is 5.95 Å². The Balaban J connectivity index is 1.34. The molecule has 0 spiro atoms. The number of aromatic nitrogens is 3. The summed E-state index contributed by atoms with van der Waals surface area (Å²) in [5.41, 5.74) is 1.89. The van der Waals surface area contributed by atoms with Crippen LogP contribution in [0.1, 0.15) is 12.0 Å². The molecule has 1 aromatic heterocycles. The molecule has 6 nitrogen and oxygen atoms in total. The fraction of sp³-hybridized carbons (Fsp3) is 0.364. The summed E-state index contributed by atoms with van der Waals surface area (Å²) in [7, 11) is 0. The van der Waals surface area contributed by atoms with Gasteiger partial charge in [0.15, 0.2) is 5.82 Å². The molecule has 2 aliphatic heterocycles. The van der Waals surface area contributed by atoms with E-state index in [0.29, 0.717) is 17.5 Å². The maximum absolute atomic E-state index is 15.3. The van der Waals surface area contributed by atoms with Gasteiger partial charge in [0.25, 0.3) is 0 Å². The monoisotopic (exact) mass is 429 g/mol. The lowest BCUT2D eigenvalue weighted by Gasteiger charge is -2.44. The molecule has 0 saturated carbocycles. The fourth-order valence-electron chi connectivity index (χ4n) is 4.24. The highest BCUT2D eigenvalue weighted by Gasteiger charge is 2.36. The van der Waals surface area contributed by atoms with Crippen LogP contribution in [0, 0.1) is 36.2 Å². The van der Waals surface area contributed by atoms with E-state index in [2.05, 4.69) is 15.4 Å². The third kappa shape index (κ3) is 3.97. The van der Waals surface area contributed by atoms with E-state index in [1.165, 1.54) is 11.0 Å². The van der Waals surface area contributed by atoms with Crippen LogP contribution in [0.25, 0.3) is 5.69 Å². The van der Waals surface area contributed by atoms with Crippen molar-refractivity contribution in [1.82, 2.24) is 14.8 Å². The number of aryl methyl sites for hydroxylation is 1. The summed E-state index contributed by atoms with van der Waals surface area (Å²) in [5, 5.41) is 7.06. The molecule has 9 heteroatoms.